The van der Waals surface area contributed by atoms with E-state index >= 15 is 0 Å². The minimum Gasteiger partial charge on any atom is -0.310 e. The number of nitrogens with zero attached hydrogens (tertiary/aromatic N) is 1. The Morgan fingerprint density at radius 3 is 1.80 bits per heavy atom. The van der Waals surface area contributed by atoms with Gasteiger partial charge in [0.1, 0.15) is 0 Å². The molecule has 0 unspecified atom stereocenters. The number of para-hydroxylation sites is 1. The lowest BCUT2D eigenvalue weighted by molar-refractivity contribution is 1.28. The first-order valence-electron chi connectivity index (χ1n) is 19.2. The fourth-order valence-electron chi connectivity index (χ4n) is 8.51. The quantitative estimate of drug-likeness (QED) is 0.154. The Labute approximate surface area is 330 Å². The third kappa shape index (κ3) is 5.54. The lowest BCUT2D eigenvalue weighted by Gasteiger charge is -2.28. The summed E-state index contributed by atoms with van der Waals surface area (Å²) in [5, 5.41) is 10.2. The molecule has 0 fully saturated rings. The van der Waals surface area contributed by atoms with Gasteiger partial charge in [0.15, 0.2) is 0 Å². The van der Waals surface area contributed by atoms with Crippen molar-refractivity contribution >= 4 is 80.9 Å². The summed E-state index contributed by atoms with van der Waals surface area (Å²) in [6.07, 6.45) is 0. The van der Waals surface area contributed by atoms with E-state index in [0.717, 1.165) is 17.1 Å². The van der Waals surface area contributed by atoms with Gasteiger partial charge in [-0.2, -0.15) is 0 Å². The third-order valence-corrected chi connectivity index (χ3v) is 12.4. The first kappa shape index (κ1) is 32.4. The second-order valence-electron chi connectivity index (χ2n) is 14.5. The van der Waals surface area contributed by atoms with E-state index in [4.69, 9.17) is 0 Å². The summed E-state index contributed by atoms with van der Waals surface area (Å²) < 4.78 is 2.65. The van der Waals surface area contributed by atoms with Gasteiger partial charge in [0.2, 0.25) is 0 Å². The van der Waals surface area contributed by atoms with Crippen LogP contribution in [0.25, 0.3) is 85.9 Å². The second kappa shape index (κ2) is 13.4. The molecule has 262 valence electrons. The molecular weight excluding hydrogens is 695 g/mol. The molecule has 0 radical (unpaired) electrons. The molecule has 0 aliphatic rings. The van der Waals surface area contributed by atoms with Gasteiger partial charge in [-0.15, -0.1) is 11.3 Å². The van der Waals surface area contributed by atoms with Crippen molar-refractivity contribution in [2.45, 2.75) is 0 Å². The Morgan fingerprint density at radius 2 is 0.929 bits per heavy atom. The highest BCUT2D eigenvalue weighted by Crippen LogP contribution is 2.44. The zero-order valence-corrected chi connectivity index (χ0v) is 31.4. The van der Waals surface area contributed by atoms with Crippen LogP contribution in [0.15, 0.2) is 212 Å². The van der Waals surface area contributed by atoms with Gasteiger partial charge in [-0.05, 0) is 121 Å². The van der Waals surface area contributed by atoms with Crippen molar-refractivity contribution in [1.29, 1.82) is 0 Å². The van der Waals surface area contributed by atoms with Crippen LogP contribution in [-0.4, -0.2) is 0 Å². The maximum absolute atomic E-state index is 2.43. The average Bonchev–Trinajstić information content (AvgIpc) is 3.65. The summed E-state index contributed by atoms with van der Waals surface area (Å²) in [6, 6.07) is 77.9. The molecule has 2 heteroatoms. The summed E-state index contributed by atoms with van der Waals surface area (Å²) in [7, 11) is 0. The van der Waals surface area contributed by atoms with Crippen LogP contribution in [0.3, 0.4) is 0 Å². The Kier molecular flexibility index (Phi) is 7.75. The maximum atomic E-state index is 2.43. The Hall–Kier alpha value is -7.00. The van der Waals surface area contributed by atoms with Gasteiger partial charge < -0.3 is 4.90 Å². The minimum atomic E-state index is 1.10. The molecule has 1 heterocycles. The molecule has 0 atom stereocenters. The fourth-order valence-corrected chi connectivity index (χ4v) is 9.60. The predicted octanol–water partition coefficient (Wildman–Crippen LogP) is 16.0. The Balaban J connectivity index is 1.08. The number of fused-ring (bicyclic) bond motifs is 7. The van der Waals surface area contributed by atoms with Gasteiger partial charge in [0.25, 0.3) is 0 Å². The van der Waals surface area contributed by atoms with Crippen molar-refractivity contribution in [2.75, 3.05) is 4.90 Å². The maximum Gasteiger partial charge on any atom is 0.0540 e. The summed E-state index contributed by atoms with van der Waals surface area (Å²) in [6.45, 7) is 0. The van der Waals surface area contributed by atoms with Crippen molar-refractivity contribution in [3.63, 3.8) is 0 Å². The number of benzene rings is 10. The SMILES string of the molecule is c1cc(-c2cc3ccccc3c3ccccc23)cc(N(c2ccc(-c3ccc4sc5ccccc5c4c3)cc2)c2ccccc2-c2ccc3ccccc3c2)c1. The topological polar surface area (TPSA) is 3.24 Å². The van der Waals surface area contributed by atoms with Crippen LogP contribution in [0.5, 0.6) is 0 Å². The molecule has 0 saturated carbocycles. The monoisotopic (exact) mass is 729 g/mol. The summed E-state index contributed by atoms with van der Waals surface area (Å²) >= 11 is 1.86. The number of anilines is 3. The van der Waals surface area contributed by atoms with E-state index < -0.39 is 0 Å². The van der Waals surface area contributed by atoms with E-state index in [0.29, 0.717) is 0 Å². The highest BCUT2D eigenvalue weighted by Gasteiger charge is 2.19. The highest BCUT2D eigenvalue weighted by molar-refractivity contribution is 7.25. The van der Waals surface area contributed by atoms with Crippen molar-refractivity contribution in [1.82, 2.24) is 0 Å². The molecule has 11 aromatic rings. The third-order valence-electron chi connectivity index (χ3n) is 11.2. The van der Waals surface area contributed by atoms with Gasteiger partial charge in [0, 0.05) is 37.1 Å². The van der Waals surface area contributed by atoms with E-state index in [1.165, 1.54) is 85.9 Å². The molecule has 56 heavy (non-hydrogen) atoms. The normalized spacial score (nSPS) is 11.6. The fraction of sp³-hybridized carbons (Fsp3) is 0. The molecule has 0 N–H and O–H groups in total. The van der Waals surface area contributed by atoms with E-state index in [9.17, 15) is 0 Å². The molecule has 0 aliphatic carbocycles. The van der Waals surface area contributed by atoms with Gasteiger partial charge in [-0.3, -0.25) is 0 Å². The first-order chi connectivity index (χ1) is 27.7. The highest BCUT2D eigenvalue weighted by atomic mass is 32.1. The van der Waals surface area contributed by atoms with Crippen molar-refractivity contribution < 1.29 is 0 Å². The van der Waals surface area contributed by atoms with E-state index in [-0.39, 0.29) is 0 Å². The molecule has 11 rings (SSSR count). The van der Waals surface area contributed by atoms with E-state index in [1.54, 1.807) is 0 Å². The first-order valence-corrected chi connectivity index (χ1v) is 20.0. The van der Waals surface area contributed by atoms with Gasteiger partial charge in [-0.1, -0.05) is 152 Å². The minimum absolute atomic E-state index is 1.10. The van der Waals surface area contributed by atoms with Gasteiger partial charge in [0.05, 0.1) is 5.69 Å². The molecular formula is C54H35NS. The van der Waals surface area contributed by atoms with Crippen LogP contribution in [0.4, 0.5) is 17.1 Å². The number of hydrogen-bond donors (Lipinski definition) is 0. The summed E-state index contributed by atoms with van der Waals surface area (Å²) in [4.78, 5) is 2.43. The lowest BCUT2D eigenvalue weighted by atomic mass is 9.93. The summed E-state index contributed by atoms with van der Waals surface area (Å²) in [5.74, 6) is 0. The zero-order chi connectivity index (χ0) is 37.0. The average molecular weight is 730 g/mol. The van der Waals surface area contributed by atoms with Crippen LogP contribution in [0.1, 0.15) is 0 Å². The van der Waals surface area contributed by atoms with Crippen molar-refractivity contribution in [2.24, 2.45) is 0 Å². The van der Waals surface area contributed by atoms with E-state index in [2.05, 4.69) is 217 Å². The van der Waals surface area contributed by atoms with Gasteiger partial charge in [-0.25, -0.2) is 0 Å². The molecule has 0 spiro atoms. The van der Waals surface area contributed by atoms with E-state index in [1.807, 2.05) is 11.3 Å². The van der Waals surface area contributed by atoms with Crippen LogP contribution in [0.2, 0.25) is 0 Å². The summed E-state index contributed by atoms with van der Waals surface area (Å²) in [5.41, 5.74) is 10.5. The van der Waals surface area contributed by atoms with Crippen molar-refractivity contribution in [3.8, 4) is 33.4 Å². The number of hydrogen-bond acceptors (Lipinski definition) is 2. The van der Waals surface area contributed by atoms with Crippen LogP contribution in [-0.2, 0) is 0 Å². The molecule has 10 aromatic carbocycles. The van der Waals surface area contributed by atoms with Gasteiger partial charge >= 0.3 is 0 Å². The Morgan fingerprint density at radius 1 is 0.286 bits per heavy atom. The predicted molar refractivity (Wildman–Crippen MR) is 243 cm³/mol. The molecule has 1 aromatic heterocycles. The van der Waals surface area contributed by atoms with Crippen molar-refractivity contribution in [3.05, 3.63) is 212 Å². The lowest BCUT2D eigenvalue weighted by Crippen LogP contribution is -2.11. The number of thiophene rings is 1. The molecule has 1 nitrogen and oxygen atoms in total. The molecule has 0 saturated heterocycles. The Bertz CT molecular complexity index is 3260. The standard InChI is InChI=1S/C54H35NS/c1-2-13-38-32-42(25-24-36(38)12-1)46-18-7-9-22-52(46)55(43-29-26-37(27-30-43)39-28-31-54-51(34-39)49-21-8-10-23-53(49)56-54)44-16-11-15-40(33-44)50-35-41-14-3-4-17-45(41)47-19-5-6-20-48(47)50/h1-35H. The molecule has 0 amide bonds. The smallest absolute Gasteiger partial charge is 0.0540 e. The zero-order valence-electron chi connectivity index (χ0n) is 30.6. The second-order valence-corrected chi connectivity index (χ2v) is 15.6. The van der Waals surface area contributed by atoms with Crippen LogP contribution >= 0.6 is 11.3 Å². The molecule has 0 bridgehead atoms. The van der Waals surface area contributed by atoms with Crippen LogP contribution < -0.4 is 4.90 Å². The molecule has 0 aliphatic heterocycles. The number of rotatable bonds is 6. The largest absolute Gasteiger partial charge is 0.310 e. The van der Waals surface area contributed by atoms with Crippen LogP contribution in [0, 0.1) is 0 Å².